The Morgan fingerprint density at radius 2 is 1.69 bits per heavy atom. The van der Waals surface area contributed by atoms with Crippen LogP contribution in [0.2, 0.25) is 0 Å². The van der Waals surface area contributed by atoms with Crippen molar-refractivity contribution in [3.05, 3.63) is 29.6 Å². The van der Waals surface area contributed by atoms with Gasteiger partial charge in [-0.05, 0) is 31.0 Å². The SMILES string of the molecule is C#C.C#C.CCCOc1cc(C)cc(F)c1. The van der Waals surface area contributed by atoms with Gasteiger partial charge in [0.05, 0.1) is 6.61 Å². The second kappa shape index (κ2) is 11.1. The van der Waals surface area contributed by atoms with E-state index >= 15 is 0 Å². The first-order valence-electron chi connectivity index (χ1n) is 4.79. The molecule has 0 radical (unpaired) electrons. The number of terminal acetylenes is 2. The van der Waals surface area contributed by atoms with Crippen molar-refractivity contribution >= 4 is 0 Å². The van der Waals surface area contributed by atoms with E-state index < -0.39 is 0 Å². The molecule has 0 unspecified atom stereocenters. The Bertz CT molecular complexity index is 300. The van der Waals surface area contributed by atoms with Crippen LogP contribution in [0.3, 0.4) is 0 Å². The lowest BCUT2D eigenvalue weighted by atomic mass is 10.2. The van der Waals surface area contributed by atoms with Crippen LogP contribution in [0, 0.1) is 38.4 Å². The maximum absolute atomic E-state index is 12.8. The van der Waals surface area contributed by atoms with E-state index in [4.69, 9.17) is 4.74 Å². The largest absolute Gasteiger partial charge is 0.493 e. The van der Waals surface area contributed by atoms with E-state index in [9.17, 15) is 4.39 Å². The third-order valence-electron chi connectivity index (χ3n) is 1.49. The fourth-order valence-corrected chi connectivity index (χ4v) is 1.01. The molecule has 1 nitrogen and oxygen atoms in total. The minimum Gasteiger partial charge on any atom is -0.493 e. The lowest BCUT2D eigenvalue weighted by Gasteiger charge is -2.04. The topological polar surface area (TPSA) is 9.23 Å². The second-order valence-electron chi connectivity index (χ2n) is 2.81. The molecule has 86 valence electrons. The number of hydrogen-bond acceptors (Lipinski definition) is 1. The molecule has 1 rings (SSSR count). The van der Waals surface area contributed by atoms with Crippen molar-refractivity contribution in [2.24, 2.45) is 0 Å². The van der Waals surface area contributed by atoms with Gasteiger partial charge in [0.1, 0.15) is 11.6 Å². The van der Waals surface area contributed by atoms with Gasteiger partial charge in [0, 0.05) is 6.07 Å². The number of ether oxygens (including phenoxy) is 1. The first kappa shape index (κ1) is 16.5. The van der Waals surface area contributed by atoms with Crippen molar-refractivity contribution in [1.82, 2.24) is 0 Å². The van der Waals surface area contributed by atoms with Crippen LogP contribution >= 0.6 is 0 Å². The minimum atomic E-state index is -0.235. The number of hydrogen-bond donors (Lipinski definition) is 0. The number of benzene rings is 1. The maximum atomic E-state index is 12.8. The predicted octanol–water partition coefficient (Wildman–Crippen LogP) is 3.42. The van der Waals surface area contributed by atoms with Crippen LogP contribution in [-0.2, 0) is 0 Å². The zero-order valence-corrected chi connectivity index (χ0v) is 9.74. The summed E-state index contributed by atoms with van der Waals surface area (Å²) in [6.45, 7) is 4.51. The molecule has 0 aliphatic rings. The summed E-state index contributed by atoms with van der Waals surface area (Å²) in [6.07, 6.45) is 16.9. The molecule has 0 atom stereocenters. The van der Waals surface area contributed by atoms with Gasteiger partial charge < -0.3 is 4.74 Å². The maximum Gasteiger partial charge on any atom is 0.127 e. The summed E-state index contributed by atoms with van der Waals surface area (Å²) in [5.74, 6) is 0.385. The molecule has 1 aromatic carbocycles. The molecule has 16 heavy (non-hydrogen) atoms. The van der Waals surface area contributed by atoms with Gasteiger partial charge >= 0.3 is 0 Å². The molecule has 1 aromatic rings. The Labute approximate surface area is 97.6 Å². The van der Waals surface area contributed by atoms with Crippen molar-refractivity contribution in [3.8, 4) is 31.4 Å². The molecule has 0 aliphatic heterocycles. The third kappa shape index (κ3) is 7.47. The van der Waals surface area contributed by atoms with Gasteiger partial charge in [-0.15, -0.1) is 25.7 Å². The van der Waals surface area contributed by atoms with Gasteiger partial charge in [0.25, 0.3) is 0 Å². The van der Waals surface area contributed by atoms with Crippen LogP contribution in [0.25, 0.3) is 0 Å². The highest BCUT2D eigenvalue weighted by atomic mass is 19.1. The molecule has 0 amide bonds. The minimum absolute atomic E-state index is 0.235. The molecular formula is C14H17FO. The van der Waals surface area contributed by atoms with Gasteiger partial charge in [-0.3, -0.25) is 0 Å². The Kier molecular flexibility index (Phi) is 11.5. The van der Waals surface area contributed by atoms with Crippen molar-refractivity contribution in [3.63, 3.8) is 0 Å². The van der Waals surface area contributed by atoms with E-state index in [0.29, 0.717) is 12.4 Å². The molecule has 0 saturated heterocycles. The van der Waals surface area contributed by atoms with Crippen LogP contribution in [0.1, 0.15) is 18.9 Å². The van der Waals surface area contributed by atoms with Crippen molar-refractivity contribution in [2.75, 3.05) is 6.61 Å². The molecular weight excluding hydrogens is 203 g/mol. The predicted molar refractivity (Wildman–Crippen MR) is 66.7 cm³/mol. The molecule has 0 bridgehead atoms. The van der Waals surface area contributed by atoms with Crippen LogP contribution < -0.4 is 4.74 Å². The smallest absolute Gasteiger partial charge is 0.127 e. The lowest BCUT2D eigenvalue weighted by molar-refractivity contribution is 0.315. The monoisotopic (exact) mass is 220 g/mol. The Morgan fingerprint density at radius 3 is 2.12 bits per heavy atom. The normalized spacial score (nSPS) is 7.69. The van der Waals surface area contributed by atoms with E-state index in [1.807, 2.05) is 19.9 Å². The van der Waals surface area contributed by atoms with Gasteiger partial charge in [-0.1, -0.05) is 6.92 Å². The van der Waals surface area contributed by atoms with E-state index in [-0.39, 0.29) is 5.82 Å². The van der Waals surface area contributed by atoms with E-state index in [1.54, 1.807) is 0 Å². The Morgan fingerprint density at radius 1 is 1.12 bits per heavy atom. The summed E-state index contributed by atoms with van der Waals surface area (Å²) in [7, 11) is 0. The first-order chi connectivity index (χ1) is 7.72. The van der Waals surface area contributed by atoms with Crippen molar-refractivity contribution in [2.45, 2.75) is 20.3 Å². The third-order valence-corrected chi connectivity index (χ3v) is 1.49. The standard InChI is InChI=1S/C10H13FO.2C2H2/c1-3-4-12-10-6-8(2)5-9(11)7-10;2*1-2/h5-7H,3-4H2,1-2H3;2*1-2H. The van der Waals surface area contributed by atoms with Crippen LogP contribution in [0.15, 0.2) is 18.2 Å². The molecule has 0 spiro atoms. The summed E-state index contributed by atoms with van der Waals surface area (Å²) in [5.41, 5.74) is 0.890. The second-order valence-corrected chi connectivity index (χ2v) is 2.81. The summed E-state index contributed by atoms with van der Waals surface area (Å²) in [4.78, 5) is 0. The zero-order chi connectivity index (χ0) is 13.0. The molecule has 0 saturated carbocycles. The first-order valence-corrected chi connectivity index (χ1v) is 4.79. The summed E-state index contributed by atoms with van der Waals surface area (Å²) < 4.78 is 18.1. The van der Waals surface area contributed by atoms with Gasteiger partial charge in [0.2, 0.25) is 0 Å². The Hall–Kier alpha value is -1.93. The van der Waals surface area contributed by atoms with Crippen LogP contribution in [0.5, 0.6) is 5.75 Å². The average Bonchev–Trinajstić information content (AvgIpc) is 2.30. The van der Waals surface area contributed by atoms with Crippen molar-refractivity contribution < 1.29 is 9.13 Å². The molecule has 0 N–H and O–H groups in total. The lowest BCUT2D eigenvalue weighted by Crippen LogP contribution is -1.95. The van der Waals surface area contributed by atoms with Gasteiger partial charge in [-0.25, -0.2) is 4.39 Å². The average molecular weight is 220 g/mol. The molecule has 0 fully saturated rings. The van der Waals surface area contributed by atoms with Gasteiger partial charge in [0.15, 0.2) is 0 Å². The summed E-state index contributed by atoms with van der Waals surface area (Å²) >= 11 is 0. The Balaban J connectivity index is 0. The van der Waals surface area contributed by atoms with E-state index in [2.05, 4.69) is 25.7 Å². The summed E-state index contributed by atoms with van der Waals surface area (Å²) in [5, 5.41) is 0. The van der Waals surface area contributed by atoms with E-state index in [0.717, 1.165) is 12.0 Å². The fraction of sp³-hybridized carbons (Fsp3) is 0.286. The van der Waals surface area contributed by atoms with Crippen LogP contribution in [0.4, 0.5) is 4.39 Å². The zero-order valence-electron chi connectivity index (χ0n) is 9.74. The highest BCUT2D eigenvalue weighted by molar-refractivity contribution is 5.28. The molecule has 0 aliphatic carbocycles. The number of halogens is 1. The highest BCUT2D eigenvalue weighted by Crippen LogP contribution is 2.15. The number of aryl methyl sites for hydroxylation is 1. The quantitative estimate of drug-likeness (QED) is 0.709. The van der Waals surface area contributed by atoms with Gasteiger partial charge in [-0.2, -0.15) is 0 Å². The van der Waals surface area contributed by atoms with Crippen LogP contribution in [-0.4, -0.2) is 6.61 Å². The number of rotatable bonds is 3. The van der Waals surface area contributed by atoms with Crippen molar-refractivity contribution in [1.29, 1.82) is 0 Å². The molecule has 0 aromatic heterocycles. The summed E-state index contributed by atoms with van der Waals surface area (Å²) in [6, 6.07) is 4.72. The molecule has 0 heterocycles. The fourth-order valence-electron chi connectivity index (χ4n) is 1.01. The molecule has 2 heteroatoms. The van der Waals surface area contributed by atoms with E-state index in [1.165, 1.54) is 12.1 Å². The highest BCUT2D eigenvalue weighted by Gasteiger charge is 1.97.